The molecule has 0 aliphatic rings. The Labute approximate surface area is 212 Å². The van der Waals surface area contributed by atoms with Crippen molar-refractivity contribution in [2.45, 2.75) is 4.21 Å². The van der Waals surface area contributed by atoms with Crippen LogP contribution in [0.15, 0.2) is 75.6 Å². The van der Waals surface area contributed by atoms with Crippen LogP contribution in [-0.2, 0) is 19.6 Å². The largest absolute Gasteiger partial charge is 0.452 e. The first-order chi connectivity index (χ1) is 17.2. The van der Waals surface area contributed by atoms with Gasteiger partial charge in [-0.15, -0.1) is 22.7 Å². The first-order valence-electron chi connectivity index (χ1n) is 10.1. The number of thiophene rings is 1. The molecular formula is C22H16N4O7S3. The van der Waals surface area contributed by atoms with E-state index in [4.69, 9.17) is 4.74 Å². The minimum atomic E-state index is -3.89. The SMILES string of the molecule is O=C(COC(=O)c1ccccc1NS(=O)(=O)c1cccs1)Nc1nc(-c2cccc([N+](=O)[O-])c2)cs1. The Hall–Kier alpha value is -4.14. The van der Waals surface area contributed by atoms with E-state index in [0.717, 1.165) is 22.7 Å². The number of non-ortho nitro benzene ring substituents is 1. The zero-order chi connectivity index (χ0) is 25.7. The second kappa shape index (κ2) is 10.6. The standard InChI is InChI=1S/C22H16N4O7S3/c27-19(24-22-23-18(13-35-22)14-5-3-6-15(11-14)26(29)30)12-33-21(28)16-7-1-2-8-17(16)25-36(31,32)20-9-4-10-34-20/h1-11,13,25H,12H2,(H,23,24,27). The van der Waals surface area contributed by atoms with E-state index in [1.165, 1.54) is 42.5 Å². The number of benzene rings is 2. The van der Waals surface area contributed by atoms with Gasteiger partial charge in [0.2, 0.25) is 0 Å². The van der Waals surface area contributed by atoms with Gasteiger partial charge in [0.15, 0.2) is 11.7 Å². The normalized spacial score (nSPS) is 11.0. The third kappa shape index (κ3) is 5.91. The number of amides is 1. The average Bonchev–Trinajstić information content (AvgIpc) is 3.56. The molecule has 4 rings (SSSR count). The molecule has 0 aliphatic carbocycles. The number of nitro groups is 1. The van der Waals surface area contributed by atoms with Crippen LogP contribution in [0.3, 0.4) is 0 Å². The quantitative estimate of drug-likeness (QED) is 0.179. The number of nitrogens with one attached hydrogen (secondary N) is 2. The van der Waals surface area contributed by atoms with E-state index < -0.39 is 33.4 Å². The van der Waals surface area contributed by atoms with Gasteiger partial charge in [0, 0.05) is 23.1 Å². The average molecular weight is 545 g/mol. The Kier molecular flexibility index (Phi) is 7.38. The number of carbonyl (C=O) groups excluding carboxylic acids is 2. The molecular weight excluding hydrogens is 528 g/mol. The number of carbonyl (C=O) groups is 2. The summed E-state index contributed by atoms with van der Waals surface area (Å²) in [6.45, 7) is -0.642. The summed E-state index contributed by atoms with van der Waals surface area (Å²) in [6.07, 6.45) is 0. The molecule has 184 valence electrons. The van der Waals surface area contributed by atoms with Gasteiger partial charge in [-0.1, -0.05) is 30.3 Å². The molecule has 2 heterocycles. The molecule has 2 N–H and O–H groups in total. The van der Waals surface area contributed by atoms with Gasteiger partial charge in [-0.25, -0.2) is 18.2 Å². The van der Waals surface area contributed by atoms with Crippen molar-refractivity contribution in [1.29, 1.82) is 0 Å². The monoisotopic (exact) mass is 544 g/mol. The second-order valence-corrected chi connectivity index (χ2v) is 10.8. The molecule has 2 aromatic carbocycles. The van der Waals surface area contributed by atoms with Crippen molar-refractivity contribution in [2.75, 3.05) is 16.6 Å². The van der Waals surface area contributed by atoms with Crippen LogP contribution in [0.2, 0.25) is 0 Å². The van der Waals surface area contributed by atoms with Crippen LogP contribution in [-0.4, -0.2) is 36.8 Å². The molecule has 36 heavy (non-hydrogen) atoms. The number of nitro benzene ring substituents is 1. The first-order valence-corrected chi connectivity index (χ1v) is 13.3. The smallest absolute Gasteiger partial charge is 0.340 e. The van der Waals surface area contributed by atoms with Gasteiger partial charge < -0.3 is 4.74 Å². The second-order valence-electron chi connectivity index (χ2n) is 7.05. The summed E-state index contributed by atoms with van der Waals surface area (Å²) >= 11 is 2.12. The van der Waals surface area contributed by atoms with E-state index in [2.05, 4.69) is 15.0 Å². The molecule has 1 amide bonds. The van der Waals surface area contributed by atoms with E-state index in [1.807, 2.05) is 0 Å². The minimum Gasteiger partial charge on any atom is -0.452 e. The molecule has 4 aromatic rings. The Morgan fingerprint density at radius 3 is 2.61 bits per heavy atom. The molecule has 0 fully saturated rings. The van der Waals surface area contributed by atoms with E-state index in [9.17, 15) is 28.1 Å². The lowest BCUT2D eigenvalue weighted by molar-refractivity contribution is -0.384. The van der Waals surface area contributed by atoms with Crippen molar-refractivity contribution in [1.82, 2.24) is 4.98 Å². The van der Waals surface area contributed by atoms with E-state index in [0.29, 0.717) is 11.3 Å². The van der Waals surface area contributed by atoms with Gasteiger partial charge >= 0.3 is 5.97 Å². The summed E-state index contributed by atoms with van der Waals surface area (Å²) in [6, 6.07) is 14.8. The van der Waals surface area contributed by atoms with E-state index in [1.54, 1.807) is 29.0 Å². The Morgan fingerprint density at radius 2 is 1.86 bits per heavy atom. The molecule has 0 saturated carbocycles. The fraction of sp³-hybridized carbons (Fsp3) is 0.0455. The lowest BCUT2D eigenvalue weighted by Gasteiger charge is -2.11. The number of rotatable bonds is 9. The topological polar surface area (TPSA) is 158 Å². The van der Waals surface area contributed by atoms with Gasteiger partial charge in [0.25, 0.3) is 21.6 Å². The molecule has 0 radical (unpaired) electrons. The fourth-order valence-corrected chi connectivity index (χ4v) is 5.78. The predicted octanol–water partition coefficient (Wildman–Crippen LogP) is 4.38. The van der Waals surface area contributed by atoms with Crippen LogP contribution in [0.5, 0.6) is 0 Å². The molecule has 0 unspecified atom stereocenters. The van der Waals surface area contributed by atoms with Gasteiger partial charge in [0.05, 0.1) is 21.9 Å². The van der Waals surface area contributed by atoms with Gasteiger partial charge in [-0.05, 0) is 23.6 Å². The van der Waals surface area contributed by atoms with E-state index in [-0.39, 0.29) is 26.3 Å². The number of ether oxygens (including phenoxy) is 1. The maximum atomic E-state index is 12.6. The van der Waals surface area contributed by atoms with Crippen molar-refractivity contribution in [2.24, 2.45) is 0 Å². The summed E-state index contributed by atoms with van der Waals surface area (Å²) in [5.41, 5.74) is 0.804. The number of para-hydroxylation sites is 1. The minimum absolute atomic E-state index is 0.0119. The van der Waals surface area contributed by atoms with Crippen LogP contribution in [0.4, 0.5) is 16.5 Å². The van der Waals surface area contributed by atoms with Crippen LogP contribution >= 0.6 is 22.7 Å². The summed E-state index contributed by atoms with van der Waals surface area (Å²) in [7, 11) is -3.89. The highest BCUT2D eigenvalue weighted by Gasteiger charge is 2.21. The molecule has 0 atom stereocenters. The van der Waals surface area contributed by atoms with Crippen molar-refractivity contribution < 1.29 is 27.7 Å². The lowest BCUT2D eigenvalue weighted by Crippen LogP contribution is -2.22. The van der Waals surface area contributed by atoms with Crippen molar-refractivity contribution >= 4 is 61.1 Å². The van der Waals surface area contributed by atoms with Crippen LogP contribution < -0.4 is 10.0 Å². The highest BCUT2D eigenvalue weighted by atomic mass is 32.2. The van der Waals surface area contributed by atoms with Gasteiger partial charge in [0.1, 0.15) is 4.21 Å². The third-order valence-corrected chi connectivity index (χ3v) is 8.11. The molecule has 14 heteroatoms. The predicted molar refractivity (Wildman–Crippen MR) is 135 cm³/mol. The maximum Gasteiger partial charge on any atom is 0.340 e. The molecule has 0 bridgehead atoms. The Morgan fingerprint density at radius 1 is 1.06 bits per heavy atom. The number of sulfonamides is 1. The Balaban J connectivity index is 1.38. The molecule has 2 aromatic heterocycles. The van der Waals surface area contributed by atoms with Gasteiger partial charge in [-0.2, -0.15) is 0 Å². The van der Waals surface area contributed by atoms with Gasteiger partial charge in [-0.3, -0.25) is 24.9 Å². The number of thiazole rings is 1. The number of aromatic nitrogens is 1. The highest BCUT2D eigenvalue weighted by molar-refractivity contribution is 7.94. The summed E-state index contributed by atoms with van der Waals surface area (Å²) in [5.74, 6) is -1.56. The number of anilines is 2. The zero-order valence-corrected chi connectivity index (χ0v) is 20.6. The van der Waals surface area contributed by atoms with Crippen LogP contribution in [0, 0.1) is 10.1 Å². The lowest BCUT2D eigenvalue weighted by atomic mass is 10.1. The van der Waals surface area contributed by atoms with Crippen LogP contribution in [0.25, 0.3) is 11.3 Å². The number of hydrogen-bond donors (Lipinski definition) is 2. The zero-order valence-electron chi connectivity index (χ0n) is 18.1. The highest BCUT2D eigenvalue weighted by Crippen LogP contribution is 2.27. The first kappa shape index (κ1) is 25.0. The number of nitrogens with zero attached hydrogens (tertiary/aromatic N) is 2. The van der Waals surface area contributed by atoms with E-state index >= 15 is 0 Å². The fourth-order valence-electron chi connectivity index (χ4n) is 2.97. The summed E-state index contributed by atoms with van der Waals surface area (Å²) in [4.78, 5) is 39.5. The summed E-state index contributed by atoms with van der Waals surface area (Å²) < 4.78 is 32.5. The van der Waals surface area contributed by atoms with Crippen LogP contribution in [0.1, 0.15) is 10.4 Å². The van der Waals surface area contributed by atoms with Crippen molar-refractivity contribution in [3.05, 3.63) is 87.1 Å². The van der Waals surface area contributed by atoms with Crippen molar-refractivity contribution in [3.8, 4) is 11.3 Å². The third-order valence-electron chi connectivity index (χ3n) is 4.59. The molecule has 0 spiro atoms. The summed E-state index contributed by atoms with van der Waals surface area (Å²) in [5, 5.41) is 16.9. The molecule has 0 aliphatic heterocycles. The molecule has 0 saturated heterocycles. The maximum absolute atomic E-state index is 12.6. The molecule has 11 nitrogen and oxygen atoms in total. The number of hydrogen-bond acceptors (Lipinski definition) is 10. The van der Waals surface area contributed by atoms with Crippen molar-refractivity contribution in [3.63, 3.8) is 0 Å². The Bertz CT molecular complexity index is 1530. The number of esters is 1.